The van der Waals surface area contributed by atoms with Crippen LogP contribution >= 0.6 is 11.6 Å². The van der Waals surface area contributed by atoms with Crippen LogP contribution in [0.1, 0.15) is 5.56 Å². The van der Waals surface area contributed by atoms with Gasteiger partial charge in [0.15, 0.2) is 0 Å². The molecule has 1 aromatic carbocycles. The fraction of sp³-hybridized carbons (Fsp3) is 0.200. The van der Waals surface area contributed by atoms with Crippen molar-refractivity contribution in [2.24, 2.45) is 0 Å². The number of anilines is 3. The van der Waals surface area contributed by atoms with Gasteiger partial charge in [-0.3, -0.25) is 9.20 Å². The molecule has 4 aromatic rings. The van der Waals surface area contributed by atoms with E-state index in [2.05, 4.69) is 25.6 Å². The van der Waals surface area contributed by atoms with Gasteiger partial charge in [0.05, 0.1) is 35.9 Å². The number of pyridine rings is 1. The van der Waals surface area contributed by atoms with E-state index in [-0.39, 0.29) is 5.91 Å². The van der Waals surface area contributed by atoms with E-state index in [0.717, 1.165) is 16.9 Å². The van der Waals surface area contributed by atoms with Gasteiger partial charge in [-0.05, 0) is 50.8 Å². The number of hydrogen-bond donors (Lipinski definition) is 2. The van der Waals surface area contributed by atoms with Gasteiger partial charge in [0.1, 0.15) is 17.1 Å². The van der Waals surface area contributed by atoms with Gasteiger partial charge in [-0.1, -0.05) is 23.7 Å². The maximum atomic E-state index is 12.2. The Bertz CT molecular complexity index is 1400. The molecule has 35 heavy (non-hydrogen) atoms. The first-order valence-electron chi connectivity index (χ1n) is 10.9. The highest BCUT2D eigenvalue weighted by Crippen LogP contribution is 2.32. The molecule has 0 aliphatic rings. The van der Waals surface area contributed by atoms with Crippen LogP contribution in [0.15, 0.2) is 61.1 Å². The summed E-state index contributed by atoms with van der Waals surface area (Å²) in [4.78, 5) is 27.7. The van der Waals surface area contributed by atoms with Crippen LogP contribution in [0.5, 0.6) is 5.75 Å². The molecule has 0 unspecified atom stereocenters. The third kappa shape index (κ3) is 5.59. The number of nitrogens with one attached hydrogen (secondary N) is 2. The quantitative estimate of drug-likeness (QED) is 0.349. The minimum atomic E-state index is -0.226. The summed E-state index contributed by atoms with van der Waals surface area (Å²) in [6.07, 6.45) is 8.49. The zero-order valence-corrected chi connectivity index (χ0v) is 20.7. The zero-order chi connectivity index (χ0) is 24.9. The maximum Gasteiger partial charge on any atom is 0.248 e. The molecule has 4 rings (SSSR count). The second-order valence-electron chi connectivity index (χ2n) is 8.11. The number of rotatable bonds is 8. The summed E-state index contributed by atoms with van der Waals surface area (Å²) in [5.41, 5.74) is 4.34. The molecule has 0 aliphatic carbocycles. The monoisotopic (exact) mass is 491 g/mol. The van der Waals surface area contributed by atoms with Gasteiger partial charge in [-0.15, -0.1) is 0 Å². The van der Waals surface area contributed by atoms with Crippen molar-refractivity contribution < 1.29 is 9.53 Å². The Balaban J connectivity index is 1.61. The summed E-state index contributed by atoms with van der Waals surface area (Å²) >= 11 is 6.46. The molecule has 180 valence electrons. The van der Waals surface area contributed by atoms with Crippen LogP contribution in [-0.4, -0.2) is 57.9 Å². The van der Waals surface area contributed by atoms with Crippen molar-refractivity contribution in [1.29, 1.82) is 0 Å². The zero-order valence-electron chi connectivity index (χ0n) is 19.9. The summed E-state index contributed by atoms with van der Waals surface area (Å²) in [7, 11) is 5.44. The highest BCUT2D eigenvalue weighted by Gasteiger charge is 2.15. The number of aryl methyl sites for hydroxylation is 1. The van der Waals surface area contributed by atoms with Crippen LogP contribution in [0.25, 0.3) is 17.0 Å². The molecule has 0 saturated heterocycles. The Labute approximate surface area is 208 Å². The van der Waals surface area contributed by atoms with Crippen molar-refractivity contribution in [2.45, 2.75) is 6.92 Å². The summed E-state index contributed by atoms with van der Waals surface area (Å²) in [6, 6.07) is 9.22. The molecule has 9 nitrogen and oxygen atoms in total. The SMILES string of the molecule is COc1ccc(NC(=O)/C=C/CN(C)C)cc1Nc1ncc(Cl)c(-c2cnc3c(C)cccn23)n1. The minimum absolute atomic E-state index is 0.226. The molecule has 0 aliphatic heterocycles. The smallest absolute Gasteiger partial charge is 0.248 e. The Morgan fingerprint density at radius 2 is 2.06 bits per heavy atom. The minimum Gasteiger partial charge on any atom is -0.495 e. The molecule has 10 heteroatoms. The first-order chi connectivity index (χ1) is 16.9. The lowest BCUT2D eigenvalue weighted by atomic mass is 10.2. The van der Waals surface area contributed by atoms with Crippen LogP contribution < -0.4 is 15.4 Å². The van der Waals surface area contributed by atoms with E-state index >= 15 is 0 Å². The second-order valence-corrected chi connectivity index (χ2v) is 8.52. The summed E-state index contributed by atoms with van der Waals surface area (Å²) in [6.45, 7) is 2.67. The van der Waals surface area contributed by atoms with E-state index in [1.54, 1.807) is 37.6 Å². The largest absolute Gasteiger partial charge is 0.495 e. The van der Waals surface area contributed by atoms with Crippen molar-refractivity contribution >= 4 is 40.5 Å². The Morgan fingerprint density at radius 1 is 1.23 bits per heavy atom. The average molecular weight is 492 g/mol. The number of aromatic nitrogens is 4. The number of nitrogens with zero attached hydrogens (tertiary/aromatic N) is 5. The van der Waals surface area contributed by atoms with Crippen LogP contribution in [0.2, 0.25) is 5.02 Å². The van der Waals surface area contributed by atoms with E-state index in [1.165, 1.54) is 12.3 Å². The summed E-state index contributed by atoms with van der Waals surface area (Å²) < 4.78 is 7.41. The fourth-order valence-corrected chi connectivity index (χ4v) is 3.68. The van der Waals surface area contributed by atoms with Crippen LogP contribution in [0.4, 0.5) is 17.3 Å². The topological polar surface area (TPSA) is 96.7 Å². The van der Waals surface area contributed by atoms with Crippen molar-refractivity contribution in [1.82, 2.24) is 24.3 Å². The number of carbonyl (C=O) groups excluding carboxylic acids is 1. The highest BCUT2D eigenvalue weighted by atomic mass is 35.5. The van der Waals surface area contributed by atoms with E-state index in [0.29, 0.717) is 40.3 Å². The molecular formula is C25H26ClN7O2. The van der Waals surface area contributed by atoms with Crippen molar-refractivity contribution in [3.8, 4) is 17.1 Å². The van der Waals surface area contributed by atoms with E-state index in [9.17, 15) is 4.79 Å². The molecule has 0 fully saturated rings. The number of methoxy groups -OCH3 is 1. The van der Waals surface area contributed by atoms with Crippen LogP contribution in [0, 0.1) is 6.92 Å². The van der Waals surface area contributed by atoms with Crippen molar-refractivity contribution in [2.75, 3.05) is 38.4 Å². The number of hydrogen-bond acceptors (Lipinski definition) is 7. The molecule has 0 spiro atoms. The predicted octanol–water partition coefficient (Wildman–Crippen LogP) is 4.56. The molecule has 3 aromatic heterocycles. The number of likely N-dealkylation sites (N-methyl/N-ethyl adjacent to an activating group) is 1. The molecule has 0 bridgehead atoms. The standard InChI is InChI=1S/C25H26ClN7O2/c1-16-7-5-12-33-20(15-27-24(16)33)23-18(26)14-28-25(31-23)30-19-13-17(9-10-21(19)35-4)29-22(34)8-6-11-32(2)3/h5-10,12-15H,11H2,1-4H3,(H,29,34)(H,28,30,31)/b8-6+. The van der Waals surface area contributed by atoms with Gasteiger partial charge < -0.3 is 20.3 Å². The normalized spacial score (nSPS) is 11.4. The number of amides is 1. The number of halogens is 1. The van der Waals surface area contributed by atoms with Gasteiger partial charge in [0, 0.05) is 24.5 Å². The number of carbonyl (C=O) groups is 1. The summed E-state index contributed by atoms with van der Waals surface area (Å²) in [5.74, 6) is 0.659. The number of imidazole rings is 1. The Hall–Kier alpha value is -3.95. The van der Waals surface area contributed by atoms with E-state index < -0.39 is 0 Å². The van der Waals surface area contributed by atoms with Gasteiger partial charge in [-0.25, -0.2) is 15.0 Å². The first-order valence-corrected chi connectivity index (χ1v) is 11.3. The van der Waals surface area contributed by atoms with Crippen LogP contribution in [-0.2, 0) is 4.79 Å². The lowest BCUT2D eigenvalue weighted by Gasteiger charge is -2.13. The summed E-state index contributed by atoms with van der Waals surface area (Å²) in [5, 5.41) is 6.42. The van der Waals surface area contributed by atoms with Gasteiger partial charge >= 0.3 is 0 Å². The van der Waals surface area contributed by atoms with E-state index in [1.807, 2.05) is 48.6 Å². The molecule has 2 N–H and O–H groups in total. The molecule has 1 amide bonds. The Morgan fingerprint density at radius 3 is 2.83 bits per heavy atom. The molecule has 0 saturated carbocycles. The number of benzene rings is 1. The Kier molecular flexibility index (Phi) is 7.28. The molecule has 0 radical (unpaired) electrons. The third-order valence-corrected chi connectivity index (χ3v) is 5.45. The highest BCUT2D eigenvalue weighted by molar-refractivity contribution is 6.32. The predicted molar refractivity (Wildman–Crippen MR) is 139 cm³/mol. The molecular weight excluding hydrogens is 466 g/mol. The average Bonchev–Trinajstić information content (AvgIpc) is 3.25. The van der Waals surface area contributed by atoms with Crippen molar-refractivity contribution in [3.05, 3.63) is 71.7 Å². The maximum absolute atomic E-state index is 12.2. The molecule has 0 atom stereocenters. The van der Waals surface area contributed by atoms with Crippen LogP contribution in [0.3, 0.4) is 0 Å². The molecule has 3 heterocycles. The fourth-order valence-electron chi connectivity index (χ4n) is 3.49. The number of ether oxygens (including phenoxy) is 1. The van der Waals surface area contributed by atoms with Gasteiger partial charge in [-0.2, -0.15) is 0 Å². The lowest BCUT2D eigenvalue weighted by molar-refractivity contribution is -0.111. The second kappa shape index (κ2) is 10.5. The van der Waals surface area contributed by atoms with Gasteiger partial charge in [0.25, 0.3) is 0 Å². The number of fused-ring (bicyclic) bond motifs is 1. The van der Waals surface area contributed by atoms with Crippen molar-refractivity contribution in [3.63, 3.8) is 0 Å². The first kappa shape index (κ1) is 24.2. The lowest BCUT2D eigenvalue weighted by Crippen LogP contribution is -2.13. The van der Waals surface area contributed by atoms with Gasteiger partial charge in [0.2, 0.25) is 11.9 Å². The third-order valence-electron chi connectivity index (χ3n) is 5.17. The van der Waals surface area contributed by atoms with E-state index in [4.69, 9.17) is 16.3 Å².